The van der Waals surface area contributed by atoms with E-state index in [-0.39, 0.29) is 42.2 Å². The Bertz CT molecular complexity index is 663. The smallest absolute Gasteiger partial charge is 0.368 e. The first kappa shape index (κ1) is 24.2. The van der Waals surface area contributed by atoms with Crippen molar-refractivity contribution >= 4 is 41.7 Å². The first-order valence-electron chi connectivity index (χ1n) is 8.87. The van der Waals surface area contributed by atoms with Crippen molar-refractivity contribution in [3.8, 4) is 0 Å². The van der Waals surface area contributed by atoms with E-state index in [4.69, 9.17) is 0 Å². The molecule has 1 aromatic rings. The molecule has 0 bridgehead atoms. The molecule has 158 valence electrons. The molecule has 28 heavy (non-hydrogen) atoms. The number of rotatable bonds is 5. The van der Waals surface area contributed by atoms with E-state index in [0.29, 0.717) is 45.2 Å². The summed E-state index contributed by atoms with van der Waals surface area (Å²) in [6.07, 6.45) is -3.13. The second-order valence-corrected chi connectivity index (χ2v) is 6.05. The van der Waals surface area contributed by atoms with Crippen LogP contribution in [0.3, 0.4) is 0 Å². The van der Waals surface area contributed by atoms with Crippen molar-refractivity contribution in [2.75, 3.05) is 51.1 Å². The quantitative estimate of drug-likeness (QED) is 0.273. The SMILES string of the molecule is CCNC(=NCCNc1ncccc1C(F)(F)F)N1CCN(C(C)=O)CC1.I. The van der Waals surface area contributed by atoms with Crippen LogP contribution in [-0.4, -0.2) is 72.5 Å². The fourth-order valence-corrected chi connectivity index (χ4v) is 2.77. The molecule has 0 aromatic carbocycles. The summed E-state index contributed by atoms with van der Waals surface area (Å²) in [6.45, 7) is 7.27. The van der Waals surface area contributed by atoms with Gasteiger partial charge in [0, 0.05) is 52.4 Å². The lowest BCUT2D eigenvalue weighted by Crippen LogP contribution is -2.53. The van der Waals surface area contributed by atoms with Crippen LogP contribution in [0.15, 0.2) is 23.3 Å². The summed E-state index contributed by atoms with van der Waals surface area (Å²) >= 11 is 0. The predicted octanol–water partition coefficient (Wildman–Crippen LogP) is 2.26. The highest BCUT2D eigenvalue weighted by molar-refractivity contribution is 14.0. The van der Waals surface area contributed by atoms with Crippen LogP contribution >= 0.6 is 24.0 Å². The van der Waals surface area contributed by atoms with Gasteiger partial charge < -0.3 is 20.4 Å². The van der Waals surface area contributed by atoms with E-state index in [0.717, 1.165) is 6.07 Å². The standard InChI is InChI=1S/C17H25F3N6O.HI/c1-3-21-16(26-11-9-25(10-12-26)13(2)27)24-8-7-23-15-14(17(18,19)20)5-4-6-22-15;/h4-6H,3,7-12H2,1-2H3,(H,21,24)(H,22,23);1H. The number of carbonyl (C=O) groups excluding carboxylic acids is 1. The van der Waals surface area contributed by atoms with Crippen LogP contribution in [0.2, 0.25) is 0 Å². The fraction of sp³-hybridized carbons (Fsp3) is 0.588. The van der Waals surface area contributed by atoms with Gasteiger partial charge >= 0.3 is 6.18 Å². The van der Waals surface area contributed by atoms with Gasteiger partial charge in [-0.2, -0.15) is 13.2 Å². The van der Waals surface area contributed by atoms with E-state index < -0.39 is 11.7 Å². The maximum Gasteiger partial charge on any atom is 0.419 e. The maximum atomic E-state index is 13.0. The molecule has 11 heteroatoms. The summed E-state index contributed by atoms with van der Waals surface area (Å²) < 4.78 is 38.9. The largest absolute Gasteiger partial charge is 0.419 e. The van der Waals surface area contributed by atoms with Crippen molar-refractivity contribution < 1.29 is 18.0 Å². The number of piperazine rings is 1. The number of aromatic nitrogens is 1. The number of carbonyl (C=O) groups is 1. The van der Waals surface area contributed by atoms with Crippen molar-refractivity contribution in [3.63, 3.8) is 0 Å². The number of guanidine groups is 1. The van der Waals surface area contributed by atoms with E-state index in [2.05, 4.69) is 20.6 Å². The van der Waals surface area contributed by atoms with Crippen LogP contribution in [-0.2, 0) is 11.0 Å². The van der Waals surface area contributed by atoms with Gasteiger partial charge in [0.1, 0.15) is 5.82 Å². The van der Waals surface area contributed by atoms with Gasteiger partial charge in [-0.3, -0.25) is 9.79 Å². The van der Waals surface area contributed by atoms with E-state index >= 15 is 0 Å². The van der Waals surface area contributed by atoms with E-state index in [1.54, 1.807) is 11.8 Å². The van der Waals surface area contributed by atoms with Crippen LogP contribution < -0.4 is 10.6 Å². The molecule has 0 spiro atoms. The van der Waals surface area contributed by atoms with Crippen molar-refractivity contribution in [2.45, 2.75) is 20.0 Å². The molecule has 1 aromatic heterocycles. The van der Waals surface area contributed by atoms with Crippen molar-refractivity contribution in [3.05, 3.63) is 23.9 Å². The number of pyridine rings is 1. The summed E-state index contributed by atoms with van der Waals surface area (Å²) in [4.78, 5) is 23.5. The summed E-state index contributed by atoms with van der Waals surface area (Å²) in [5.74, 6) is 0.552. The Morgan fingerprint density at radius 2 is 1.89 bits per heavy atom. The zero-order valence-corrected chi connectivity index (χ0v) is 18.3. The predicted molar refractivity (Wildman–Crippen MR) is 113 cm³/mol. The lowest BCUT2D eigenvalue weighted by molar-refractivity contribution is -0.137. The Balaban J connectivity index is 0.00000392. The van der Waals surface area contributed by atoms with Gasteiger partial charge in [0.2, 0.25) is 5.91 Å². The molecule has 0 aliphatic carbocycles. The molecule has 2 heterocycles. The Hall–Kier alpha value is -1.79. The highest BCUT2D eigenvalue weighted by Gasteiger charge is 2.33. The average molecular weight is 514 g/mol. The molecule has 0 unspecified atom stereocenters. The molecule has 1 saturated heterocycles. The number of amides is 1. The third-order valence-electron chi connectivity index (χ3n) is 4.14. The molecule has 0 radical (unpaired) electrons. The Morgan fingerprint density at radius 1 is 1.25 bits per heavy atom. The van der Waals surface area contributed by atoms with E-state index in [1.165, 1.54) is 12.3 Å². The zero-order valence-electron chi connectivity index (χ0n) is 15.9. The molecule has 2 rings (SSSR count). The Morgan fingerprint density at radius 3 is 2.46 bits per heavy atom. The fourth-order valence-electron chi connectivity index (χ4n) is 2.77. The number of anilines is 1. The molecular formula is C17H26F3IN6O. The Labute approximate surface area is 179 Å². The lowest BCUT2D eigenvalue weighted by atomic mass is 10.2. The first-order valence-corrected chi connectivity index (χ1v) is 8.87. The van der Waals surface area contributed by atoms with Crippen LogP contribution in [0.5, 0.6) is 0 Å². The number of hydrogen-bond donors (Lipinski definition) is 2. The van der Waals surface area contributed by atoms with Gasteiger partial charge in [-0.25, -0.2) is 4.98 Å². The number of nitrogens with one attached hydrogen (secondary N) is 2. The van der Waals surface area contributed by atoms with Gasteiger partial charge in [-0.1, -0.05) is 0 Å². The number of aliphatic imine (C=N–C) groups is 1. The summed E-state index contributed by atoms with van der Waals surface area (Å²) in [7, 11) is 0. The van der Waals surface area contributed by atoms with E-state index in [9.17, 15) is 18.0 Å². The maximum absolute atomic E-state index is 13.0. The van der Waals surface area contributed by atoms with Crippen LogP contribution in [0.4, 0.5) is 19.0 Å². The molecule has 0 atom stereocenters. The summed E-state index contributed by atoms with van der Waals surface area (Å²) in [5, 5.41) is 5.88. The summed E-state index contributed by atoms with van der Waals surface area (Å²) in [5.41, 5.74) is -0.791. The van der Waals surface area contributed by atoms with Gasteiger partial charge in [0.15, 0.2) is 5.96 Å². The number of halogens is 4. The monoisotopic (exact) mass is 514 g/mol. The third kappa shape index (κ3) is 6.99. The van der Waals surface area contributed by atoms with Crippen LogP contribution in [0.1, 0.15) is 19.4 Å². The van der Waals surface area contributed by atoms with Gasteiger partial charge in [0.05, 0.1) is 12.1 Å². The highest BCUT2D eigenvalue weighted by Crippen LogP contribution is 2.33. The molecule has 1 aliphatic heterocycles. The van der Waals surface area contributed by atoms with Gasteiger partial charge in [-0.15, -0.1) is 24.0 Å². The second kappa shape index (κ2) is 11.3. The van der Waals surface area contributed by atoms with Gasteiger partial charge in [-0.05, 0) is 19.1 Å². The normalized spacial score (nSPS) is 15.1. The van der Waals surface area contributed by atoms with Gasteiger partial charge in [0.25, 0.3) is 0 Å². The van der Waals surface area contributed by atoms with Crippen molar-refractivity contribution in [2.24, 2.45) is 4.99 Å². The lowest BCUT2D eigenvalue weighted by Gasteiger charge is -2.36. The molecule has 1 aliphatic rings. The average Bonchev–Trinajstić information content (AvgIpc) is 2.64. The van der Waals surface area contributed by atoms with E-state index in [1.807, 2.05) is 11.8 Å². The number of alkyl halides is 3. The topological polar surface area (TPSA) is 72.9 Å². The van der Waals surface area contributed by atoms with Crippen molar-refractivity contribution in [1.29, 1.82) is 0 Å². The summed E-state index contributed by atoms with van der Waals surface area (Å²) in [6, 6.07) is 2.26. The molecule has 1 amide bonds. The molecule has 0 saturated carbocycles. The first-order chi connectivity index (χ1) is 12.8. The number of hydrogen-bond acceptors (Lipinski definition) is 4. The minimum absolute atomic E-state index is 0. The molecular weight excluding hydrogens is 488 g/mol. The zero-order chi connectivity index (χ0) is 19.9. The van der Waals surface area contributed by atoms with Crippen LogP contribution in [0.25, 0.3) is 0 Å². The minimum Gasteiger partial charge on any atom is -0.368 e. The minimum atomic E-state index is -4.45. The Kier molecular flexibility index (Phi) is 9.76. The van der Waals surface area contributed by atoms with Crippen molar-refractivity contribution in [1.82, 2.24) is 20.1 Å². The van der Waals surface area contributed by atoms with Crippen LogP contribution in [0, 0.1) is 0 Å². The molecule has 7 nitrogen and oxygen atoms in total. The second-order valence-electron chi connectivity index (χ2n) is 6.05. The third-order valence-corrected chi connectivity index (χ3v) is 4.14. The number of nitrogens with zero attached hydrogens (tertiary/aromatic N) is 4. The molecule has 2 N–H and O–H groups in total. The molecule has 1 fully saturated rings. The highest BCUT2D eigenvalue weighted by atomic mass is 127.